The molecule has 152 valence electrons. The van der Waals surface area contributed by atoms with Crippen LogP contribution in [0.15, 0.2) is 40.0 Å². The van der Waals surface area contributed by atoms with E-state index in [1.165, 1.54) is 0 Å². The Labute approximate surface area is 166 Å². The topological polar surface area (TPSA) is 75.4 Å². The second-order valence-electron chi connectivity index (χ2n) is 6.58. The molecule has 28 heavy (non-hydrogen) atoms. The SMILES string of the molecule is CCNC(=NCc1cccc(OC)c1OC)N1CCN(Cc2ccon2)CC1. The van der Waals surface area contributed by atoms with Gasteiger partial charge in [0.25, 0.3) is 0 Å². The van der Waals surface area contributed by atoms with Crippen LogP contribution >= 0.6 is 0 Å². The molecule has 0 bridgehead atoms. The van der Waals surface area contributed by atoms with Crippen molar-refractivity contribution in [2.24, 2.45) is 4.99 Å². The molecule has 1 aromatic carbocycles. The van der Waals surface area contributed by atoms with Gasteiger partial charge in [-0.05, 0) is 13.0 Å². The van der Waals surface area contributed by atoms with Crippen molar-refractivity contribution < 1.29 is 14.0 Å². The number of nitrogens with zero attached hydrogens (tertiary/aromatic N) is 4. The molecule has 8 heteroatoms. The summed E-state index contributed by atoms with van der Waals surface area (Å²) in [6.45, 7) is 8.01. The van der Waals surface area contributed by atoms with Gasteiger partial charge in [0, 0.05) is 50.9 Å². The van der Waals surface area contributed by atoms with Crippen LogP contribution in [-0.2, 0) is 13.1 Å². The summed E-state index contributed by atoms with van der Waals surface area (Å²) in [5.41, 5.74) is 1.97. The summed E-state index contributed by atoms with van der Waals surface area (Å²) >= 11 is 0. The first-order valence-electron chi connectivity index (χ1n) is 9.60. The zero-order chi connectivity index (χ0) is 19.8. The standard InChI is InChI=1S/C20H29N5O3/c1-4-21-20(22-14-16-6-5-7-18(26-2)19(16)27-3)25-11-9-24(10-12-25)15-17-8-13-28-23-17/h5-8,13H,4,9-12,14-15H2,1-3H3,(H,21,22). The summed E-state index contributed by atoms with van der Waals surface area (Å²) in [5.74, 6) is 2.39. The fraction of sp³-hybridized carbons (Fsp3) is 0.500. The number of methoxy groups -OCH3 is 2. The van der Waals surface area contributed by atoms with Gasteiger partial charge in [0.1, 0.15) is 6.26 Å². The van der Waals surface area contributed by atoms with E-state index in [2.05, 4.69) is 27.2 Å². The molecular formula is C20H29N5O3. The molecular weight excluding hydrogens is 358 g/mol. The van der Waals surface area contributed by atoms with Gasteiger partial charge < -0.3 is 24.2 Å². The number of guanidine groups is 1. The Bertz CT molecular complexity index is 755. The summed E-state index contributed by atoms with van der Waals surface area (Å²) in [7, 11) is 3.30. The van der Waals surface area contributed by atoms with Crippen LogP contribution in [0.4, 0.5) is 0 Å². The predicted molar refractivity (Wildman–Crippen MR) is 108 cm³/mol. The van der Waals surface area contributed by atoms with Crippen LogP contribution in [0.1, 0.15) is 18.2 Å². The van der Waals surface area contributed by atoms with E-state index in [1.807, 2.05) is 24.3 Å². The second-order valence-corrected chi connectivity index (χ2v) is 6.58. The zero-order valence-corrected chi connectivity index (χ0v) is 16.9. The first kappa shape index (κ1) is 20.0. The van der Waals surface area contributed by atoms with Gasteiger partial charge in [0.2, 0.25) is 0 Å². The van der Waals surface area contributed by atoms with Gasteiger partial charge in [0.05, 0.1) is 26.5 Å². The normalized spacial score (nSPS) is 15.5. The maximum Gasteiger partial charge on any atom is 0.194 e. The van der Waals surface area contributed by atoms with Crippen molar-refractivity contribution in [1.29, 1.82) is 0 Å². The van der Waals surface area contributed by atoms with Crippen LogP contribution in [-0.4, -0.2) is 67.9 Å². The summed E-state index contributed by atoms with van der Waals surface area (Å²) < 4.78 is 15.8. The number of benzene rings is 1. The molecule has 1 fully saturated rings. The molecule has 3 rings (SSSR count). The molecule has 1 saturated heterocycles. The smallest absolute Gasteiger partial charge is 0.194 e. The van der Waals surface area contributed by atoms with Crippen molar-refractivity contribution >= 4 is 5.96 Å². The van der Waals surface area contributed by atoms with Crippen molar-refractivity contribution in [2.45, 2.75) is 20.0 Å². The third-order valence-corrected chi connectivity index (χ3v) is 4.77. The highest BCUT2D eigenvalue weighted by atomic mass is 16.5. The highest BCUT2D eigenvalue weighted by Gasteiger charge is 2.20. The van der Waals surface area contributed by atoms with E-state index in [9.17, 15) is 0 Å². The molecule has 8 nitrogen and oxygen atoms in total. The largest absolute Gasteiger partial charge is 0.493 e. The van der Waals surface area contributed by atoms with Crippen LogP contribution in [0, 0.1) is 0 Å². The third-order valence-electron chi connectivity index (χ3n) is 4.77. The van der Waals surface area contributed by atoms with Gasteiger partial charge >= 0.3 is 0 Å². The maximum absolute atomic E-state index is 5.52. The van der Waals surface area contributed by atoms with Crippen molar-refractivity contribution in [3.63, 3.8) is 0 Å². The summed E-state index contributed by atoms with van der Waals surface area (Å²) in [4.78, 5) is 9.52. The van der Waals surface area contributed by atoms with E-state index in [0.29, 0.717) is 6.54 Å². The number of nitrogens with one attached hydrogen (secondary N) is 1. The minimum absolute atomic E-state index is 0.530. The minimum Gasteiger partial charge on any atom is -0.493 e. The van der Waals surface area contributed by atoms with Crippen molar-refractivity contribution in [2.75, 3.05) is 46.9 Å². The van der Waals surface area contributed by atoms with Crippen LogP contribution in [0.5, 0.6) is 11.5 Å². The first-order chi connectivity index (χ1) is 13.7. The number of aromatic nitrogens is 1. The van der Waals surface area contributed by atoms with Crippen molar-refractivity contribution in [3.05, 3.63) is 41.8 Å². The minimum atomic E-state index is 0.530. The molecule has 0 spiro atoms. The molecule has 0 aliphatic carbocycles. The molecule has 0 radical (unpaired) electrons. The monoisotopic (exact) mass is 387 g/mol. The summed E-state index contributed by atoms with van der Waals surface area (Å²) in [5, 5.41) is 7.41. The van der Waals surface area contributed by atoms with Crippen molar-refractivity contribution in [3.8, 4) is 11.5 Å². The van der Waals surface area contributed by atoms with Gasteiger partial charge in [-0.1, -0.05) is 17.3 Å². The fourth-order valence-corrected chi connectivity index (χ4v) is 3.33. The summed E-state index contributed by atoms with van der Waals surface area (Å²) in [6.07, 6.45) is 1.62. The Morgan fingerprint density at radius 2 is 2.00 bits per heavy atom. The predicted octanol–water partition coefficient (Wildman–Crippen LogP) is 1.98. The lowest BCUT2D eigenvalue weighted by Crippen LogP contribution is -2.52. The zero-order valence-electron chi connectivity index (χ0n) is 16.9. The molecule has 1 aromatic heterocycles. The lowest BCUT2D eigenvalue weighted by Gasteiger charge is -2.36. The molecule has 1 aliphatic heterocycles. The Hall–Kier alpha value is -2.74. The number of piperazine rings is 1. The van der Waals surface area contributed by atoms with Crippen LogP contribution < -0.4 is 14.8 Å². The van der Waals surface area contributed by atoms with Gasteiger partial charge in [-0.3, -0.25) is 4.90 Å². The van der Waals surface area contributed by atoms with Gasteiger partial charge in [-0.25, -0.2) is 4.99 Å². The average molecular weight is 387 g/mol. The quantitative estimate of drug-likeness (QED) is 0.575. The Morgan fingerprint density at radius 3 is 2.64 bits per heavy atom. The van der Waals surface area contributed by atoms with Gasteiger partial charge in [-0.2, -0.15) is 0 Å². The van der Waals surface area contributed by atoms with E-state index in [0.717, 1.165) is 68.0 Å². The first-order valence-corrected chi connectivity index (χ1v) is 9.60. The Balaban J connectivity index is 1.63. The van der Waals surface area contributed by atoms with Gasteiger partial charge in [-0.15, -0.1) is 0 Å². The lowest BCUT2D eigenvalue weighted by atomic mass is 10.2. The molecule has 0 unspecified atom stereocenters. The van der Waals surface area contributed by atoms with E-state index >= 15 is 0 Å². The number of ether oxygens (including phenoxy) is 2. The number of para-hydroxylation sites is 1. The van der Waals surface area contributed by atoms with E-state index in [-0.39, 0.29) is 0 Å². The Kier molecular flexibility index (Phi) is 7.13. The van der Waals surface area contributed by atoms with Gasteiger partial charge in [0.15, 0.2) is 17.5 Å². The number of hydrogen-bond donors (Lipinski definition) is 1. The third kappa shape index (κ3) is 4.95. The average Bonchev–Trinajstić information content (AvgIpc) is 3.24. The maximum atomic E-state index is 5.52. The number of rotatable bonds is 7. The molecule has 1 N–H and O–H groups in total. The van der Waals surface area contributed by atoms with Crippen LogP contribution in [0.25, 0.3) is 0 Å². The highest BCUT2D eigenvalue weighted by molar-refractivity contribution is 5.80. The van der Waals surface area contributed by atoms with Crippen molar-refractivity contribution in [1.82, 2.24) is 20.3 Å². The van der Waals surface area contributed by atoms with Crippen LogP contribution in [0.3, 0.4) is 0 Å². The second kappa shape index (κ2) is 9.98. The fourth-order valence-electron chi connectivity index (χ4n) is 3.33. The molecule has 0 saturated carbocycles. The molecule has 0 amide bonds. The molecule has 0 atom stereocenters. The number of aliphatic imine (C=N–C) groups is 1. The van der Waals surface area contributed by atoms with Crippen LogP contribution in [0.2, 0.25) is 0 Å². The molecule has 1 aliphatic rings. The van der Waals surface area contributed by atoms with E-state index in [1.54, 1.807) is 20.5 Å². The molecule has 2 heterocycles. The Morgan fingerprint density at radius 1 is 1.18 bits per heavy atom. The molecule has 2 aromatic rings. The highest BCUT2D eigenvalue weighted by Crippen LogP contribution is 2.31. The van der Waals surface area contributed by atoms with E-state index in [4.69, 9.17) is 19.0 Å². The lowest BCUT2D eigenvalue weighted by molar-refractivity contribution is 0.169. The number of hydrogen-bond acceptors (Lipinski definition) is 6. The summed E-state index contributed by atoms with van der Waals surface area (Å²) in [6, 6.07) is 7.79. The van der Waals surface area contributed by atoms with E-state index < -0.39 is 0 Å².